The van der Waals surface area contributed by atoms with Crippen LogP contribution in [0.1, 0.15) is 17.2 Å². The first-order valence-corrected chi connectivity index (χ1v) is 6.70. The molecule has 7 heteroatoms. The van der Waals surface area contributed by atoms with Gasteiger partial charge in [-0.05, 0) is 29.3 Å². The van der Waals surface area contributed by atoms with Crippen molar-refractivity contribution in [3.63, 3.8) is 0 Å². The minimum absolute atomic E-state index is 0.229. The highest BCUT2D eigenvalue weighted by Gasteiger charge is 2.14. The van der Waals surface area contributed by atoms with Crippen LogP contribution in [0.25, 0.3) is 6.08 Å². The molecule has 24 heavy (non-hydrogen) atoms. The minimum Gasteiger partial charge on any atom is -0.504 e. The molecule has 2 rings (SSSR count). The van der Waals surface area contributed by atoms with Crippen LogP contribution in [0.2, 0.25) is 0 Å². The summed E-state index contributed by atoms with van der Waals surface area (Å²) in [4.78, 5) is 20.4. The number of aliphatic hydroxyl groups is 1. The van der Waals surface area contributed by atoms with Gasteiger partial charge in [0, 0.05) is 6.08 Å². The predicted octanol–water partition coefficient (Wildman–Crippen LogP) is 2.00. The lowest BCUT2D eigenvalue weighted by Gasteiger charge is -2.03. The number of benzene rings is 2. The molecule has 1 atom stereocenters. The Kier molecular flexibility index (Phi) is 6.99. The molecule has 0 aliphatic carbocycles. The van der Waals surface area contributed by atoms with E-state index in [2.05, 4.69) is 0 Å². The number of aromatic hydroxyl groups is 2. The van der Waals surface area contributed by atoms with Crippen molar-refractivity contribution in [3.8, 4) is 11.5 Å². The van der Waals surface area contributed by atoms with E-state index in [4.69, 9.17) is 25.5 Å². The lowest BCUT2D eigenvalue weighted by atomic mass is 10.1. The van der Waals surface area contributed by atoms with Crippen molar-refractivity contribution in [2.45, 2.75) is 6.10 Å². The Morgan fingerprint density at radius 2 is 1.54 bits per heavy atom. The van der Waals surface area contributed by atoms with E-state index >= 15 is 0 Å². The standard InChI is InChI=1S/C9H8O4.C8H8O3/c10-7-3-1-6(5-8(7)11)2-4-9(12)13;9-7(8(10)11)6-4-2-1-3-5-6/h1-5,10-11H,(H,12,13);1-5,7,9H,(H,10,11). The number of phenols is 2. The number of carboxylic acids is 2. The Bertz CT molecular complexity index is 723. The van der Waals surface area contributed by atoms with E-state index in [0.717, 1.165) is 6.08 Å². The second-order valence-electron chi connectivity index (χ2n) is 4.57. The number of hydrogen-bond donors (Lipinski definition) is 5. The van der Waals surface area contributed by atoms with E-state index in [1.54, 1.807) is 30.3 Å². The van der Waals surface area contributed by atoms with E-state index in [1.165, 1.54) is 24.3 Å². The van der Waals surface area contributed by atoms with Gasteiger partial charge >= 0.3 is 11.9 Å². The van der Waals surface area contributed by atoms with E-state index in [0.29, 0.717) is 11.1 Å². The summed E-state index contributed by atoms with van der Waals surface area (Å²) in [5.41, 5.74) is 0.915. The Balaban J connectivity index is 0.000000243. The molecule has 0 saturated heterocycles. The molecule has 0 bridgehead atoms. The Morgan fingerprint density at radius 1 is 0.917 bits per heavy atom. The zero-order valence-corrected chi connectivity index (χ0v) is 12.4. The molecule has 0 saturated carbocycles. The number of hydrogen-bond acceptors (Lipinski definition) is 5. The summed E-state index contributed by atoms with van der Waals surface area (Å²) < 4.78 is 0. The van der Waals surface area contributed by atoms with Crippen molar-refractivity contribution >= 4 is 18.0 Å². The van der Waals surface area contributed by atoms with Crippen molar-refractivity contribution in [2.75, 3.05) is 0 Å². The first-order chi connectivity index (χ1) is 11.3. The van der Waals surface area contributed by atoms with Crippen LogP contribution >= 0.6 is 0 Å². The van der Waals surface area contributed by atoms with Crippen molar-refractivity contribution in [1.82, 2.24) is 0 Å². The lowest BCUT2D eigenvalue weighted by Crippen LogP contribution is -2.09. The average Bonchev–Trinajstić information content (AvgIpc) is 2.56. The fraction of sp³-hybridized carbons (Fsp3) is 0.0588. The van der Waals surface area contributed by atoms with Gasteiger partial charge in [-0.25, -0.2) is 9.59 Å². The molecule has 2 aromatic carbocycles. The molecule has 0 fully saturated rings. The van der Waals surface area contributed by atoms with Crippen molar-refractivity contribution in [3.05, 3.63) is 65.7 Å². The zero-order valence-electron chi connectivity index (χ0n) is 12.4. The minimum atomic E-state index is -1.41. The SMILES string of the molecule is O=C(O)C(O)c1ccccc1.O=C(O)C=Cc1ccc(O)c(O)c1. The highest BCUT2D eigenvalue weighted by atomic mass is 16.4. The number of rotatable bonds is 4. The summed E-state index contributed by atoms with van der Waals surface area (Å²) >= 11 is 0. The Hall–Kier alpha value is -3.32. The van der Waals surface area contributed by atoms with E-state index in [-0.39, 0.29) is 11.5 Å². The summed E-state index contributed by atoms with van der Waals surface area (Å²) in [5.74, 6) is -2.79. The molecule has 2 aromatic rings. The highest BCUT2D eigenvalue weighted by Crippen LogP contribution is 2.25. The first-order valence-electron chi connectivity index (χ1n) is 6.70. The second-order valence-corrected chi connectivity index (χ2v) is 4.57. The summed E-state index contributed by atoms with van der Waals surface area (Å²) in [6.07, 6.45) is 0.865. The Morgan fingerprint density at radius 3 is 2.04 bits per heavy atom. The molecule has 126 valence electrons. The quantitative estimate of drug-likeness (QED) is 0.427. The zero-order chi connectivity index (χ0) is 18.1. The molecule has 7 nitrogen and oxygen atoms in total. The largest absolute Gasteiger partial charge is 0.504 e. The fourth-order valence-corrected chi connectivity index (χ4v) is 1.59. The van der Waals surface area contributed by atoms with E-state index in [9.17, 15) is 9.59 Å². The molecule has 0 heterocycles. The number of phenolic OH excluding ortho intramolecular Hbond substituents is 2. The fourth-order valence-electron chi connectivity index (χ4n) is 1.59. The van der Waals surface area contributed by atoms with Gasteiger partial charge in [0.05, 0.1) is 0 Å². The molecular weight excluding hydrogens is 316 g/mol. The van der Waals surface area contributed by atoms with Crippen LogP contribution in [-0.2, 0) is 9.59 Å². The Labute approximate surface area is 137 Å². The summed E-state index contributed by atoms with van der Waals surface area (Å²) in [5, 5.41) is 43.6. The van der Waals surface area contributed by atoms with E-state index in [1.807, 2.05) is 0 Å². The smallest absolute Gasteiger partial charge is 0.337 e. The van der Waals surface area contributed by atoms with Gasteiger partial charge in [-0.1, -0.05) is 36.4 Å². The van der Waals surface area contributed by atoms with Gasteiger partial charge in [0.1, 0.15) is 0 Å². The highest BCUT2D eigenvalue weighted by molar-refractivity contribution is 5.85. The van der Waals surface area contributed by atoms with Gasteiger partial charge in [0.2, 0.25) is 0 Å². The number of aliphatic carboxylic acids is 2. The van der Waals surface area contributed by atoms with Gasteiger partial charge in [-0.15, -0.1) is 0 Å². The number of carboxylic acid groups (broad SMARTS) is 2. The number of carbonyl (C=O) groups is 2. The maximum Gasteiger partial charge on any atom is 0.337 e. The predicted molar refractivity (Wildman–Crippen MR) is 85.5 cm³/mol. The molecular formula is C17H16O7. The summed E-state index contributed by atoms with van der Waals surface area (Å²) in [7, 11) is 0. The van der Waals surface area contributed by atoms with E-state index < -0.39 is 18.0 Å². The van der Waals surface area contributed by atoms with Crippen LogP contribution in [0.5, 0.6) is 11.5 Å². The first kappa shape index (κ1) is 18.7. The topological polar surface area (TPSA) is 135 Å². The maximum atomic E-state index is 10.2. The van der Waals surface area contributed by atoms with Crippen LogP contribution in [-0.4, -0.2) is 37.5 Å². The average molecular weight is 332 g/mol. The van der Waals surface area contributed by atoms with Crippen LogP contribution in [0.3, 0.4) is 0 Å². The molecule has 0 aromatic heterocycles. The normalized spacial score (nSPS) is 11.4. The van der Waals surface area contributed by atoms with Gasteiger partial charge in [-0.3, -0.25) is 0 Å². The van der Waals surface area contributed by atoms with Crippen LogP contribution in [0.15, 0.2) is 54.6 Å². The molecule has 0 aliphatic rings. The third-order valence-electron chi connectivity index (χ3n) is 2.77. The van der Waals surface area contributed by atoms with Crippen LogP contribution in [0.4, 0.5) is 0 Å². The van der Waals surface area contributed by atoms with Crippen LogP contribution in [0, 0.1) is 0 Å². The van der Waals surface area contributed by atoms with Crippen molar-refractivity contribution in [2.24, 2.45) is 0 Å². The molecule has 0 amide bonds. The third kappa shape index (κ3) is 6.20. The van der Waals surface area contributed by atoms with Crippen molar-refractivity contribution in [1.29, 1.82) is 0 Å². The summed E-state index contributed by atoms with van der Waals surface area (Å²) in [6, 6.07) is 12.3. The second kappa shape index (κ2) is 8.96. The summed E-state index contributed by atoms with van der Waals surface area (Å²) in [6.45, 7) is 0. The number of aliphatic hydroxyl groups excluding tert-OH is 1. The molecule has 5 N–H and O–H groups in total. The molecule has 0 radical (unpaired) electrons. The van der Waals surface area contributed by atoms with Gasteiger partial charge in [0.15, 0.2) is 17.6 Å². The lowest BCUT2D eigenvalue weighted by molar-refractivity contribution is -0.147. The van der Waals surface area contributed by atoms with Gasteiger partial charge in [-0.2, -0.15) is 0 Å². The molecule has 0 aliphatic heterocycles. The van der Waals surface area contributed by atoms with Crippen LogP contribution < -0.4 is 0 Å². The molecule has 1 unspecified atom stereocenters. The molecule has 0 spiro atoms. The maximum absolute atomic E-state index is 10.2. The third-order valence-corrected chi connectivity index (χ3v) is 2.77. The van der Waals surface area contributed by atoms with Gasteiger partial charge < -0.3 is 25.5 Å². The van der Waals surface area contributed by atoms with Crippen molar-refractivity contribution < 1.29 is 35.1 Å². The van der Waals surface area contributed by atoms with Gasteiger partial charge in [0.25, 0.3) is 0 Å². The monoisotopic (exact) mass is 332 g/mol.